The minimum Gasteiger partial charge on any atom is -0.392 e. The highest BCUT2D eigenvalue weighted by molar-refractivity contribution is 7.90. The maximum Gasteiger partial charge on any atom is 0.149 e. The van der Waals surface area contributed by atoms with Crippen molar-refractivity contribution in [1.82, 2.24) is 4.98 Å². The lowest BCUT2D eigenvalue weighted by molar-refractivity contribution is 0.281. The topological polar surface area (TPSA) is 70.5 Å². The van der Waals surface area contributed by atoms with Gasteiger partial charge in [-0.05, 0) is 6.07 Å². The van der Waals surface area contributed by atoms with E-state index in [0.717, 1.165) is 5.69 Å². The monoisotopic (exact) mass is 244 g/mol. The second-order valence-corrected chi connectivity index (χ2v) is 5.97. The van der Waals surface area contributed by atoms with Gasteiger partial charge in [-0.2, -0.15) is 0 Å². The van der Waals surface area contributed by atoms with E-state index in [1.54, 1.807) is 30.4 Å². The molecule has 1 aromatic heterocycles. The smallest absolute Gasteiger partial charge is 0.149 e. The Morgan fingerprint density at radius 1 is 1.50 bits per heavy atom. The van der Waals surface area contributed by atoms with Crippen molar-refractivity contribution in [1.29, 1.82) is 0 Å². The first-order valence-electron chi connectivity index (χ1n) is 4.86. The van der Waals surface area contributed by atoms with E-state index in [2.05, 4.69) is 4.98 Å². The standard InChI is InChI=1S/C10H16N2O3S/c1-12(5-6-16(2,14)15)10-3-4-11-7-9(10)8-13/h3-4,7,13H,5-6,8H2,1-2H3. The van der Waals surface area contributed by atoms with Gasteiger partial charge in [0.25, 0.3) is 0 Å². The Morgan fingerprint density at radius 2 is 2.19 bits per heavy atom. The zero-order valence-electron chi connectivity index (χ0n) is 9.42. The Morgan fingerprint density at radius 3 is 2.75 bits per heavy atom. The van der Waals surface area contributed by atoms with Crippen molar-refractivity contribution in [3.05, 3.63) is 24.0 Å². The molecule has 0 saturated carbocycles. The van der Waals surface area contributed by atoms with Crippen LogP contribution in [-0.4, -0.2) is 44.1 Å². The summed E-state index contributed by atoms with van der Waals surface area (Å²) >= 11 is 0. The molecular formula is C10H16N2O3S. The summed E-state index contributed by atoms with van der Waals surface area (Å²) in [6, 6.07) is 1.76. The molecule has 90 valence electrons. The van der Waals surface area contributed by atoms with E-state index in [-0.39, 0.29) is 12.4 Å². The molecule has 1 rings (SSSR count). The van der Waals surface area contributed by atoms with Crippen molar-refractivity contribution in [2.75, 3.05) is 30.5 Å². The van der Waals surface area contributed by atoms with Crippen LogP contribution in [-0.2, 0) is 16.4 Å². The Labute approximate surface area is 95.7 Å². The molecule has 0 aliphatic carbocycles. The number of aliphatic hydroxyl groups excluding tert-OH is 1. The maximum absolute atomic E-state index is 11.0. The molecule has 5 nitrogen and oxygen atoms in total. The fourth-order valence-corrected chi connectivity index (χ4v) is 1.94. The number of aromatic nitrogens is 1. The van der Waals surface area contributed by atoms with Gasteiger partial charge in [0.15, 0.2) is 0 Å². The predicted molar refractivity (Wildman–Crippen MR) is 63.1 cm³/mol. The van der Waals surface area contributed by atoms with Gasteiger partial charge in [-0.1, -0.05) is 0 Å². The zero-order valence-corrected chi connectivity index (χ0v) is 10.2. The minimum absolute atomic E-state index is 0.0939. The molecule has 6 heteroatoms. The third-order valence-electron chi connectivity index (χ3n) is 2.26. The molecule has 16 heavy (non-hydrogen) atoms. The molecule has 0 amide bonds. The Balaban J connectivity index is 2.76. The van der Waals surface area contributed by atoms with Crippen LogP contribution < -0.4 is 4.90 Å². The second kappa shape index (κ2) is 5.27. The van der Waals surface area contributed by atoms with Gasteiger partial charge in [0.2, 0.25) is 0 Å². The summed E-state index contributed by atoms with van der Waals surface area (Å²) in [5.41, 5.74) is 1.50. The van der Waals surface area contributed by atoms with Crippen molar-refractivity contribution in [2.24, 2.45) is 0 Å². The molecule has 0 aromatic carbocycles. The zero-order chi connectivity index (χ0) is 12.2. The number of hydrogen-bond acceptors (Lipinski definition) is 5. The Hall–Kier alpha value is -1.14. The molecule has 1 N–H and O–H groups in total. The normalized spacial score (nSPS) is 11.4. The van der Waals surface area contributed by atoms with Crippen molar-refractivity contribution in [3.8, 4) is 0 Å². The van der Waals surface area contributed by atoms with Crippen LogP contribution in [0.25, 0.3) is 0 Å². The molecule has 0 aliphatic heterocycles. The molecule has 0 aliphatic rings. The van der Waals surface area contributed by atoms with E-state index in [1.807, 2.05) is 0 Å². The average molecular weight is 244 g/mol. The Kier molecular flexibility index (Phi) is 4.26. The Bertz CT molecular complexity index is 445. The summed E-state index contributed by atoms with van der Waals surface area (Å²) in [7, 11) is -1.18. The molecule has 0 bridgehead atoms. The highest BCUT2D eigenvalue weighted by atomic mass is 32.2. The number of rotatable bonds is 5. The van der Waals surface area contributed by atoms with Gasteiger partial charge in [-0.25, -0.2) is 8.42 Å². The van der Waals surface area contributed by atoms with Crippen LogP contribution in [0.3, 0.4) is 0 Å². The molecule has 0 atom stereocenters. The molecule has 0 saturated heterocycles. The van der Waals surface area contributed by atoms with E-state index in [1.165, 1.54) is 6.26 Å². The van der Waals surface area contributed by atoms with Crippen LogP contribution in [0.15, 0.2) is 18.5 Å². The lowest BCUT2D eigenvalue weighted by Gasteiger charge is -2.20. The summed E-state index contributed by atoms with van der Waals surface area (Å²) in [5, 5.41) is 9.11. The average Bonchev–Trinajstić information content (AvgIpc) is 2.25. The van der Waals surface area contributed by atoms with Crippen LogP contribution >= 0.6 is 0 Å². The first-order chi connectivity index (χ1) is 7.44. The van der Waals surface area contributed by atoms with E-state index in [4.69, 9.17) is 5.11 Å². The molecule has 1 aromatic rings. The number of pyridine rings is 1. The largest absolute Gasteiger partial charge is 0.392 e. The number of aliphatic hydroxyl groups is 1. The van der Waals surface area contributed by atoms with Gasteiger partial charge < -0.3 is 10.0 Å². The highest BCUT2D eigenvalue weighted by Crippen LogP contribution is 2.17. The van der Waals surface area contributed by atoms with Crippen molar-refractivity contribution in [3.63, 3.8) is 0 Å². The van der Waals surface area contributed by atoms with E-state index in [0.29, 0.717) is 12.1 Å². The molecule has 0 unspecified atom stereocenters. The maximum atomic E-state index is 11.0. The van der Waals surface area contributed by atoms with Crippen LogP contribution in [0.5, 0.6) is 0 Å². The van der Waals surface area contributed by atoms with E-state index in [9.17, 15) is 8.42 Å². The minimum atomic E-state index is -2.97. The van der Waals surface area contributed by atoms with E-state index >= 15 is 0 Å². The number of anilines is 1. The lowest BCUT2D eigenvalue weighted by atomic mass is 10.2. The van der Waals surface area contributed by atoms with Gasteiger partial charge in [0, 0.05) is 43.5 Å². The van der Waals surface area contributed by atoms with Crippen LogP contribution in [0.1, 0.15) is 5.56 Å². The summed E-state index contributed by atoms with van der Waals surface area (Å²) < 4.78 is 22.1. The molecule has 0 fully saturated rings. The first-order valence-corrected chi connectivity index (χ1v) is 6.92. The molecule has 0 radical (unpaired) electrons. The number of nitrogens with zero attached hydrogens (tertiary/aromatic N) is 2. The van der Waals surface area contributed by atoms with Crippen molar-refractivity contribution >= 4 is 15.5 Å². The molecular weight excluding hydrogens is 228 g/mol. The summed E-state index contributed by atoms with van der Waals surface area (Å²) in [6.45, 7) is 0.294. The quantitative estimate of drug-likeness (QED) is 0.792. The van der Waals surface area contributed by atoms with Crippen LogP contribution in [0.4, 0.5) is 5.69 Å². The lowest BCUT2D eigenvalue weighted by Crippen LogP contribution is -2.25. The second-order valence-electron chi connectivity index (χ2n) is 3.71. The number of sulfone groups is 1. The third-order valence-corrected chi connectivity index (χ3v) is 3.18. The molecule has 0 spiro atoms. The van der Waals surface area contributed by atoms with Crippen LogP contribution in [0, 0.1) is 0 Å². The van der Waals surface area contributed by atoms with Gasteiger partial charge in [-0.3, -0.25) is 4.98 Å². The predicted octanol–water partition coefficient (Wildman–Crippen LogP) is 0.0547. The fraction of sp³-hybridized carbons (Fsp3) is 0.500. The van der Waals surface area contributed by atoms with Gasteiger partial charge >= 0.3 is 0 Å². The summed E-state index contributed by atoms with van der Waals surface area (Å²) in [6.07, 6.45) is 4.40. The van der Waals surface area contributed by atoms with Gasteiger partial charge in [-0.15, -0.1) is 0 Å². The molecule has 1 heterocycles. The van der Waals surface area contributed by atoms with Gasteiger partial charge in [0.05, 0.1) is 12.4 Å². The van der Waals surface area contributed by atoms with Gasteiger partial charge in [0.1, 0.15) is 9.84 Å². The highest BCUT2D eigenvalue weighted by Gasteiger charge is 2.09. The number of hydrogen-bond donors (Lipinski definition) is 1. The first kappa shape index (κ1) is 12.9. The third kappa shape index (κ3) is 3.79. The summed E-state index contributed by atoms with van der Waals surface area (Å²) in [4.78, 5) is 5.70. The summed E-state index contributed by atoms with van der Waals surface area (Å²) in [5.74, 6) is 0.0939. The van der Waals surface area contributed by atoms with Crippen molar-refractivity contribution < 1.29 is 13.5 Å². The fourth-order valence-electron chi connectivity index (χ4n) is 1.34. The SMILES string of the molecule is CN(CCS(C)(=O)=O)c1ccncc1CO. The van der Waals surface area contributed by atoms with Crippen LogP contribution in [0.2, 0.25) is 0 Å². The van der Waals surface area contributed by atoms with E-state index < -0.39 is 9.84 Å². The van der Waals surface area contributed by atoms with Crippen molar-refractivity contribution in [2.45, 2.75) is 6.61 Å².